The van der Waals surface area contributed by atoms with Gasteiger partial charge in [0.05, 0.1) is 24.2 Å². The Balaban J connectivity index is 1.62. The lowest BCUT2D eigenvalue weighted by molar-refractivity contribution is 0.100. The number of rotatable bonds is 7. The van der Waals surface area contributed by atoms with Gasteiger partial charge in [0.2, 0.25) is 0 Å². The van der Waals surface area contributed by atoms with Crippen molar-refractivity contribution >= 4 is 51.5 Å². The van der Waals surface area contributed by atoms with E-state index in [2.05, 4.69) is 20.2 Å². The predicted octanol–water partition coefficient (Wildman–Crippen LogP) is 6.12. The van der Waals surface area contributed by atoms with Crippen LogP contribution in [0.25, 0.3) is 22.5 Å². The second-order valence-electron chi connectivity index (χ2n) is 7.44. The Kier molecular flexibility index (Phi) is 6.42. The third-order valence-corrected chi connectivity index (χ3v) is 6.25. The fourth-order valence-electron chi connectivity index (χ4n) is 3.69. The number of ketones is 1. The first-order valence-electron chi connectivity index (χ1n) is 10.5. The van der Waals surface area contributed by atoms with Crippen LogP contribution in [0.2, 0.25) is 15.2 Å². The van der Waals surface area contributed by atoms with E-state index in [0.717, 1.165) is 5.56 Å². The molecule has 0 spiro atoms. The van der Waals surface area contributed by atoms with Crippen LogP contribution in [0.1, 0.15) is 28.7 Å². The van der Waals surface area contributed by atoms with Gasteiger partial charge in [-0.05, 0) is 48.9 Å². The van der Waals surface area contributed by atoms with Gasteiger partial charge in [0.15, 0.2) is 0 Å². The number of benzene rings is 2. The van der Waals surface area contributed by atoms with Crippen molar-refractivity contribution in [3.63, 3.8) is 0 Å². The van der Waals surface area contributed by atoms with Gasteiger partial charge in [-0.1, -0.05) is 40.9 Å². The molecule has 5 aromatic rings. The lowest BCUT2D eigenvalue weighted by Crippen LogP contribution is -2.04. The lowest BCUT2D eigenvalue weighted by Gasteiger charge is -2.10. The number of carbonyl (C=O) groups is 1. The minimum atomic E-state index is -0.526. The molecule has 0 aliphatic carbocycles. The molecule has 35 heavy (non-hydrogen) atoms. The summed E-state index contributed by atoms with van der Waals surface area (Å²) < 4.78 is 13.1. The quantitative estimate of drug-likeness (QED) is 0.235. The van der Waals surface area contributed by atoms with Gasteiger partial charge in [0.1, 0.15) is 22.9 Å². The highest BCUT2D eigenvalue weighted by molar-refractivity contribution is 6.37. The minimum absolute atomic E-state index is 0.0959. The molecule has 0 saturated carbocycles. The van der Waals surface area contributed by atoms with Crippen molar-refractivity contribution in [1.29, 1.82) is 0 Å². The van der Waals surface area contributed by atoms with E-state index in [-0.39, 0.29) is 22.5 Å². The fourth-order valence-corrected chi connectivity index (χ4v) is 4.50. The van der Waals surface area contributed by atoms with Crippen LogP contribution >= 0.6 is 34.8 Å². The fraction of sp³-hybridized carbons (Fsp3) is 0.125. The van der Waals surface area contributed by atoms with Gasteiger partial charge in [-0.15, -0.1) is 10.2 Å². The largest absolute Gasteiger partial charge is 0.494 e. The normalized spacial score (nSPS) is 11.2. The third kappa shape index (κ3) is 4.48. The molecular weight excluding hydrogens is 513 g/mol. The van der Waals surface area contributed by atoms with Crippen LogP contribution in [0.3, 0.4) is 0 Å². The standard InChI is InChI=1S/C24H16Cl3N5O3/c1-2-34-15-5-6-19-16(10-15)20(22(27)32(19)11-13-3-4-14(25)9-17(13)26)21(33)24-31-30-23(35-24)18-7-8-28-12-29-18/h3-10,12H,2,11H2,1H3. The van der Waals surface area contributed by atoms with E-state index in [4.69, 9.17) is 44.0 Å². The van der Waals surface area contributed by atoms with Crippen molar-refractivity contribution in [2.45, 2.75) is 13.5 Å². The predicted molar refractivity (Wildman–Crippen MR) is 132 cm³/mol. The van der Waals surface area contributed by atoms with Gasteiger partial charge in [0, 0.05) is 21.6 Å². The van der Waals surface area contributed by atoms with Gasteiger partial charge < -0.3 is 13.7 Å². The summed E-state index contributed by atoms with van der Waals surface area (Å²) in [4.78, 5) is 21.5. The molecule has 0 saturated heterocycles. The Labute approximate surface area is 214 Å². The van der Waals surface area contributed by atoms with Crippen LogP contribution in [-0.2, 0) is 6.54 Å². The summed E-state index contributed by atoms with van der Waals surface area (Å²) in [7, 11) is 0. The van der Waals surface area contributed by atoms with E-state index in [1.165, 1.54) is 12.5 Å². The molecule has 3 aromatic heterocycles. The molecular formula is C24H16Cl3N5O3. The molecule has 0 bridgehead atoms. The molecule has 176 valence electrons. The zero-order valence-electron chi connectivity index (χ0n) is 18.2. The molecule has 8 nitrogen and oxygen atoms in total. The van der Waals surface area contributed by atoms with Crippen molar-refractivity contribution in [1.82, 2.24) is 24.7 Å². The average molecular weight is 529 g/mol. The van der Waals surface area contributed by atoms with Crippen LogP contribution < -0.4 is 4.74 Å². The van der Waals surface area contributed by atoms with Crippen LogP contribution in [-0.4, -0.2) is 37.1 Å². The maximum absolute atomic E-state index is 13.6. The van der Waals surface area contributed by atoms with Gasteiger partial charge >= 0.3 is 0 Å². The Morgan fingerprint density at radius 1 is 1.09 bits per heavy atom. The Morgan fingerprint density at radius 2 is 1.94 bits per heavy atom. The van der Waals surface area contributed by atoms with E-state index in [1.54, 1.807) is 28.8 Å². The Hall–Kier alpha value is -3.46. The summed E-state index contributed by atoms with van der Waals surface area (Å²) in [5, 5.41) is 9.67. The van der Waals surface area contributed by atoms with E-state index < -0.39 is 5.78 Å². The van der Waals surface area contributed by atoms with Gasteiger partial charge in [-0.25, -0.2) is 9.97 Å². The van der Waals surface area contributed by atoms with Gasteiger partial charge in [0.25, 0.3) is 17.6 Å². The van der Waals surface area contributed by atoms with Crippen molar-refractivity contribution in [2.24, 2.45) is 0 Å². The smallest absolute Gasteiger partial charge is 0.289 e. The van der Waals surface area contributed by atoms with E-state index in [9.17, 15) is 4.79 Å². The monoisotopic (exact) mass is 527 g/mol. The molecule has 3 heterocycles. The number of nitrogens with zero attached hydrogens (tertiary/aromatic N) is 5. The summed E-state index contributed by atoms with van der Waals surface area (Å²) in [6.07, 6.45) is 2.89. The minimum Gasteiger partial charge on any atom is -0.494 e. The number of carbonyl (C=O) groups excluding carboxylic acids is 1. The van der Waals surface area contributed by atoms with Crippen molar-refractivity contribution in [3.05, 3.63) is 87.2 Å². The van der Waals surface area contributed by atoms with E-state index >= 15 is 0 Å². The van der Waals surface area contributed by atoms with E-state index in [0.29, 0.717) is 45.5 Å². The molecule has 0 atom stereocenters. The second kappa shape index (κ2) is 9.65. The molecule has 0 fully saturated rings. The average Bonchev–Trinajstić information content (AvgIpc) is 3.45. The highest BCUT2D eigenvalue weighted by Crippen LogP contribution is 2.36. The third-order valence-electron chi connectivity index (χ3n) is 5.27. The van der Waals surface area contributed by atoms with Crippen molar-refractivity contribution in [3.8, 4) is 17.3 Å². The molecule has 2 aromatic carbocycles. The molecule has 0 radical (unpaired) electrons. The highest BCUT2D eigenvalue weighted by Gasteiger charge is 2.27. The van der Waals surface area contributed by atoms with Crippen LogP contribution in [0, 0.1) is 0 Å². The summed E-state index contributed by atoms with van der Waals surface area (Å²) >= 11 is 19.3. The molecule has 5 rings (SSSR count). The molecule has 11 heteroatoms. The SMILES string of the molecule is CCOc1ccc2c(c1)c(C(=O)c1nnc(-c3ccncn3)o1)c(Cl)n2Cc1ccc(Cl)cc1Cl. The topological polar surface area (TPSA) is 95.9 Å². The number of halogens is 3. The van der Waals surface area contributed by atoms with E-state index in [1.807, 2.05) is 25.1 Å². The maximum atomic E-state index is 13.6. The summed E-state index contributed by atoms with van der Waals surface area (Å²) in [5.41, 5.74) is 2.11. The first-order chi connectivity index (χ1) is 17.0. The zero-order valence-corrected chi connectivity index (χ0v) is 20.5. The summed E-state index contributed by atoms with van der Waals surface area (Å²) in [5.74, 6) is -0.0496. The lowest BCUT2D eigenvalue weighted by atomic mass is 10.1. The Morgan fingerprint density at radius 3 is 2.69 bits per heavy atom. The summed E-state index contributed by atoms with van der Waals surface area (Å²) in [6, 6.07) is 12.2. The van der Waals surface area contributed by atoms with Gasteiger partial charge in [-0.3, -0.25) is 4.79 Å². The molecule has 0 aliphatic heterocycles. The van der Waals surface area contributed by atoms with Crippen LogP contribution in [0.15, 0.2) is 59.4 Å². The number of aromatic nitrogens is 5. The molecule has 0 amide bonds. The zero-order chi connectivity index (χ0) is 24.5. The Bertz CT molecular complexity index is 1550. The summed E-state index contributed by atoms with van der Waals surface area (Å²) in [6.45, 7) is 2.65. The number of ether oxygens (including phenoxy) is 1. The van der Waals surface area contributed by atoms with Crippen LogP contribution in [0.4, 0.5) is 0 Å². The number of hydrogen-bond acceptors (Lipinski definition) is 7. The number of fused-ring (bicyclic) bond motifs is 1. The van der Waals surface area contributed by atoms with Crippen molar-refractivity contribution < 1.29 is 13.9 Å². The molecule has 0 aliphatic rings. The molecule has 0 N–H and O–H groups in total. The maximum Gasteiger partial charge on any atom is 0.289 e. The number of hydrogen-bond donors (Lipinski definition) is 0. The first-order valence-corrected chi connectivity index (χ1v) is 11.6. The van der Waals surface area contributed by atoms with Crippen LogP contribution in [0.5, 0.6) is 5.75 Å². The van der Waals surface area contributed by atoms with Crippen molar-refractivity contribution in [2.75, 3.05) is 6.61 Å². The highest BCUT2D eigenvalue weighted by atomic mass is 35.5. The second-order valence-corrected chi connectivity index (χ2v) is 8.64. The van der Waals surface area contributed by atoms with Gasteiger partial charge in [-0.2, -0.15) is 0 Å². The first kappa shape index (κ1) is 23.3. The molecule has 0 unspecified atom stereocenters.